The lowest BCUT2D eigenvalue weighted by atomic mass is 10.1. The maximum Gasteiger partial charge on any atom is 0.326 e. The van der Waals surface area contributed by atoms with Gasteiger partial charge >= 0.3 is 11.9 Å². The molecule has 0 aliphatic rings. The number of nitrogens with zero attached hydrogens (tertiary/aromatic N) is 4. The summed E-state index contributed by atoms with van der Waals surface area (Å²) in [6.07, 6.45) is 0.0557. The van der Waals surface area contributed by atoms with Gasteiger partial charge in [-0.1, -0.05) is 6.58 Å². The summed E-state index contributed by atoms with van der Waals surface area (Å²) in [5.74, 6) is -4.14. The van der Waals surface area contributed by atoms with Crippen molar-refractivity contribution < 1.29 is 29.4 Å². The number of H-pyrrole nitrogens is 3. The third-order valence-electron chi connectivity index (χ3n) is 5.84. The molecule has 0 aromatic carbocycles. The highest BCUT2D eigenvalue weighted by molar-refractivity contribution is 5.97. The van der Waals surface area contributed by atoms with Crippen LogP contribution in [-0.2, 0) is 20.8 Å². The lowest BCUT2D eigenvalue weighted by Crippen LogP contribution is -2.41. The number of aromatic nitrogens is 7. The highest BCUT2D eigenvalue weighted by Crippen LogP contribution is 2.17. The number of carbonyl (C=O) groups excluding carboxylic acids is 2. The first-order valence-electron chi connectivity index (χ1n) is 14.0. The van der Waals surface area contributed by atoms with Crippen LogP contribution in [0, 0.1) is 0 Å². The van der Waals surface area contributed by atoms with Crippen LogP contribution in [0.2, 0.25) is 0 Å². The standard InChI is InChI=1S/C19H21N7O7.2C4H6N4O/c1-2-9-10(23-13(27)7-8-15(20)25-19(21)26-16(8)30)3-4-11(22-9)17(31)24-12(18(32)33)5-6-14(28)29;2*5-2-1-3(9)8-4(6)7-2/h2-4,12H,1,5-7H2,(H,23,27)(H,24,31)(H,28,29)(H,32,33)(H5,20,21,25,26,30);2*1H,(H5,5,6,7,8,9)/t12-;;/m0../s1. The van der Waals surface area contributed by atoms with Crippen molar-refractivity contribution in [2.24, 2.45) is 0 Å². The fraction of sp³-hybridized carbons (Fsp3) is 0.148. The minimum Gasteiger partial charge on any atom is -0.481 e. The van der Waals surface area contributed by atoms with Gasteiger partial charge in [0.15, 0.2) is 0 Å². The molecule has 2 amide bonds. The maximum atomic E-state index is 12.4. The van der Waals surface area contributed by atoms with E-state index >= 15 is 0 Å². The van der Waals surface area contributed by atoms with Gasteiger partial charge in [-0.3, -0.25) is 43.7 Å². The second-order valence-corrected chi connectivity index (χ2v) is 9.78. The number of rotatable bonds is 10. The number of carboxylic acid groups (broad SMARTS) is 2. The van der Waals surface area contributed by atoms with Crippen molar-refractivity contribution in [2.75, 3.05) is 39.7 Å². The second-order valence-electron chi connectivity index (χ2n) is 9.78. The minimum atomic E-state index is -1.43. The minimum absolute atomic E-state index is 0.0417. The molecule has 4 aromatic heterocycles. The first-order chi connectivity index (χ1) is 23.9. The number of carbonyl (C=O) groups is 4. The van der Waals surface area contributed by atoms with Crippen molar-refractivity contribution in [3.8, 4) is 0 Å². The van der Waals surface area contributed by atoms with Crippen molar-refractivity contribution in [2.45, 2.75) is 25.3 Å². The Labute approximate surface area is 284 Å². The number of hydrogen-bond donors (Lipinski definition) is 13. The number of hydrogen-bond acceptors (Lipinski definition) is 17. The molecular formula is C27H33N15O9. The number of nitrogens with two attached hydrogens (primary N) is 6. The summed E-state index contributed by atoms with van der Waals surface area (Å²) >= 11 is 0. The van der Waals surface area contributed by atoms with Crippen LogP contribution in [0.15, 0.2) is 45.2 Å². The fourth-order valence-electron chi connectivity index (χ4n) is 3.67. The van der Waals surface area contributed by atoms with Gasteiger partial charge in [0.25, 0.3) is 22.6 Å². The SMILES string of the molecule is C=Cc1nc(C(=O)N[C@@H](CCC(=O)O)C(=O)O)ccc1NC(=O)Cc1c(N)nc(N)[nH]c1=O.Nc1cc(=O)[nH]c(N)n1.Nc1cc(=O)[nH]c(N)n1. The third-order valence-corrected chi connectivity index (χ3v) is 5.84. The maximum absolute atomic E-state index is 12.4. The highest BCUT2D eigenvalue weighted by Gasteiger charge is 2.23. The Hall–Kier alpha value is -7.79. The van der Waals surface area contributed by atoms with E-state index in [-0.39, 0.29) is 75.5 Å². The van der Waals surface area contributed by atoms with Crippen LogP contribution < -0.4 is 61.7 Å². The molecule has 4 aromatic rings. The molecule has 0 radical (unpaired) electrons. The van der Waals surface area contributed by atoms with E-state index in [2.05, 4.69) is 52.1 Å². The highest BCUT2D eigenvalue weighted by atomic mass is 16.4. The summed E-state index contributed by atoms with van der Waals surface area (Å²) in [4.78, 5) is 101. The third kappa shape index (κ3) is 13.1. The molecule has 1 atom stereocenters. The predicted molar refractivity (Wildman–Crippen MR) is 183 cm³/mol. The second kappa shape index (κ2) is 17.9. The zero-order valence-electron chi connectivity index (χ0n) is 26.3. The molecule has 270 valence electrons. The Morgan fingerprint density at radius 2 is 1.37 bits per heavy atom. The average molecular weight is 712 g/mol. The van der Waals surface area contributed by atoms with E-state index in [4.69, 9.17) is 44.6 Å². The molecule has 0 saturated carbocycles. The molecule has 24 nitrogen and oxygen atoms in total. The summed E-state index contributed by atoms with van der Waals surface area (Å²) < 4.78 is 0. The largest absolute Gasteiger partial charge is 0.481 e. The average Bonchev–Trinajstić information content (AvgIpc) is 3.00. The smallest absolute Gasteiger partial charge is 0.326 e. The number of nitrogens with one attached hydrogen (secondary N) is 5. The number of amides is 2. The zero-order chi connectivity index (χ0) is 38.4. The number of pyridine rings is 1. The van der Waals surface area contributed by atoms with Crippen LogP contribution in [0.5, 0.6) is 0 Å². The van der Waals surface area contributed by atoms with Gasteiger partial charge in [0.2, 0.25) is 23.8 Å². The van der Waals surface area contributed by atoms with Crippen LogP contribution in [0.3, 0.4) is 0 Å². The van der Waals surface area contributed by atoms with Crippen LogP contribution in [0.1, 0.15) is 34.6 Å². The Bertz CT molecular complexity index is 2010. The van der Waals surface area contributed by atoms with E-state index in [0.717, 1.165) is 12.1 Å². The number of aliphatic carboxylic acids is 2. The molecule has 0 fully saturated rings. The monoisotopic (exact) mass is 711 g/mol. The Morgan fingerprint density at radius 3 is 1.82 bits per heavy atom. The molecule has 24 heteroatoms. The molecule has 4 rings (SSSR count). The Kier molecular flexibility index (Phi) is 13.9. The topological polar surface area (TPSA) is 439 Å². The van der Waals surface area contributed by atoms with Crippen molar-refractivity contribution in [1.29, 1.82) is 0 Å². The number of carboxylic acids is 2. The normalized spacial score (nSPS) is 10.6. The van der Waals surface area contributed by atoms with Crippen molar-refractivity contribution in [1.82, 2.24) is 40.2 Å². The van der Waals surface area contributed by atoms with Gasteiger partial charge in [-0.2, -0.15) is 15.0 Å². The molecule has 19 N–H and O–H groups in total. The van der Waals surface area contributed by atoms with Crippen LogP contribution >= 0.6 is 0 Å². The first-order valence-corrected chi connectivity index (χ1v) is 14.0. The molecule has 0 bridgehead atoms. The molecule has 4 heterocycles. The number of nitrogen functional groups attached to an aromatic ring is 6. The van der Waals surface area contributed by atoms with Crippen LogP contribution in [-0.4, -0.2) is 74.9 Å². The Morgan fingerprint density at radius 1 is 0.824 bits per heavy atom. The Balaban J connectivity index is 0.000000402. The molecule has 0 aliphatic carbocycles. The molecule has 51 heavy (non-hydrogen) atoms. The van der Waals surface area contributed by atoms with Crippen molar-refractivity contribution in [3.63, 3.8) is 0 Å². The van der Waals surface area contributed by atoms with Gasteiger partial charge in [-0.15, -0.1) is 0 Å². The summed E-state index contributed by atoms with van der Waals surface area (Å²) in [5.41, 5.74) is 30.2. The molecule has 0 aliphatic heterocycles. The lowest BCUT2D eigenvalue weighted by Gasteiger charge is -2.14. The van der Waals surface area contributed by atoms with Gasteiger partial charge in [-0.05, 0) is 24.6 Å². The summed E-state index contributed by atoms with van der Waals surface area (Å²) in [7, 11) is 0. The van der Waals surface area contributed by atoms with Gasteiger partial charge in [0.05, 0.1) is 23.4 Å². The quantitative estimate of drug-likeness (QED) is 0.0782. The van der Waals surface area contributed by atoms with Gasteiger partial charge in [-0.25, -0.2) is 9.78 Å². The first kappa shape index (κ1) is 39.4. The zero-order valence-corrected chi connectivity index (χ0v) is 26.3. The van der Waals surface area contributed by atoms with E-state index in [1.165, 1.54) is 18.2 Å². The van der Waals surface area contributed by atoms with E-state index in [1.54, 1.807) is 0 Å². The molecule has 0 unspecified atom stereocenters. The lowest BCUT2D eigenvalue weighted by molar-refractivity contribution is -0.140. The summed E-state index contributed by atoms with van der Waals surface area (Å²) in [6.45, 7) is 3.56. The van der Waals surface area contributed by atoms with Crippen molar-refractivity contribution in [3.05, 3.63) is 78.9 Å². The number of aromatic amines is 3. The van der Waals surface area contributed by atoms with Crippen molar-refractivity contribution >= 4 is 70.8 Å². The molecular weight excluding hydrogens is 678 g/mol. The van der Waals surface area contributed by atoms with E-state index in [9.17, 15) is 33.6 Å². The van der Waals surface area contributed by atoms with Gasteiger partial charge in [0, 0.05) is 18.6 Å². The van der Waals surface area contributed by atoms with E-state index in [0.29, 0.717) is 0 Å². The molecule has 0 saturated heterocycles. The number of anilines is 7. The summed E-state index contributed by atoms with van der Waals surface area (Å²) in [5, 5.41) is 22.6. The van der Waals surface area contributed by atoms with E-state index in [1.807, 2.05) is 0 Å². The summed E-state index contributed by atoms with van der Waals surface area (Å²) in [6, 6.07) is 3.45. The predicted octanol–water partition coefficient (Wildman–Crippen LogP) is -2.93. The van der Waals surface area contributed by atoms with E-state index < -0.39 is 48.2 Å². The van der Waals surface area contributed by atoms with Crippen LogP contribution in [0.4, 0.5) is 41.0 Å². The van der Waals surface area contributed by atoms with Gasteiger partial charge < -0.3 is 55.2 Å². The van der Waals surface area contributed by atoms with Gasteiger partial charge in [0.1, 0.15) is 29.2 Å². The fourth-order valence-corrected chi connectivity index (χ4v) is 3.67. The van der Waals surface area contributed by atoms with Crippen LogP contribution in [0.25, 0.3) is 6.08 Å². The molecule has 0 spiro atoms.